The second-order valence-corrected chi connectivity index (χ2v) is 4.83. The summed E-state index contributed by atoms with van der Waals surface area (Å²) in [5.74, 6) is 0.233. The number of carbonyl (C=O) groups is 1. The molecule has 2 heteroatoms. The minimum absolute atomic E-state index is 0.232. The topological polar surface area (TPSA) is 20.3 Å². The Morgan fingerprint density at radius 2 is 1.94 bits per heavy atom. The Kier molecular flexibility index (Phi) is 5.79. The summed E-state index contributed by atoms with van der Waals surface area (Å²) in [6.07, 6.45) is 2.49. The van der Waals surface area contributed by atoms with Crippen LogP contribution in [0.25, 0.3) is 0 Å². The molecule has 0 aromatic heterocycles. The highest BCUT2D eigenvalue weighted by Crippen LogP contribution is 2.23. The Morgan fingerprint density at radius 3 is 2.44 bits per heavy atom. The first-order valence-electron chi connectivity index (χ1n) is 6.47. The van der Waals surface area contributed by atoms with Gasteiger partial charge < -0.3 is 0 Å². The molecule has 2 nitrogen and oxygen atoms in total. The van der Waals surface area contributed by atoms with Crippen LogP contribution >= 0.6 is 0 Å². The lowest BCUT2D eigenvalue weighted by molar-refractivity contribution is -0.118. The van der Waals surface area contributed by atoms with Crippen LogP contribution < -0.4 is 0 Å². The average molecular weight is 245 g/mol. The zero-order valence-electron chi connectivity index (χ0n) is 11.6. The maximum Gasteiger partial charge on any atom is 0.131 e. The van der Waals surface area contributed by atoms with Crippen LogP contribution in [0.5, 0.6) is 0 Å². The molecule has 1 rings (SSSR count). The summed E-state index contributed by atoms with van der Waals surface area (Å²) < 4.78 is 0. The normalized spacial score (nSPS) is 14.2. The molecule has 0 fully saturated rings. The molecule has 0 spiro atoms. The van der Waals surface area contributed by atoms with E-state index in [2.05, 4.69) is 37.5 Å². The standard InChI is InChI=1S/C16H23NO/c1-5-11-17(13(2)12-14(3)18)15(4)16-9-7-6-8-10-16/h5-10,13,15H,1,11-12H2,2-4H3/t13?,15-/m0/s1. The fourth-order valence-electron chi connectivity index (χ4n) is 2.33. The second-order valence-electron chi connectivity index (χ2n) is 4.83. The number of hydrogen-bond acceptors (Lipinski definition) is 2. The third kappa shape index (κ3) is 4.11. The summed E-state index contributed by atoms with van der Waals surface area (Å²) in [5, 5.41) is 0. The monoisotopic (exact) mass is 245 g/mol. The van der Waals surface area contributed by atoms with Gasteiger partial charge in [0, 0.05) is 25.0 Å². The van der Waals surface area contributed by atoms with Gasteiger partial charge >= 0.3 is 0 Å². The lowest BCUT2D eigenvalue weighted by Gasteiger charge is -2.33. The molecular weight excluding hydrogens is 222 g/mol. The zero-order valence-corrected chi connectivity index (χ0v) is 11.6. The van der Waals surface area contributed by atoms with Gasteiger partial charge in [0.1, 0.15) is 5.78 Å². The minimum Gasteiger partial charge on any atom is -0.300 e. The van der Waals surface area contributed by atoms with E-state index in [9.17, 15) is 4.79 Å². The SMILES string of the molecule is C=CCN(C(C)CC(C)=O)[C@@H](C)c1ccccc1. The molecule has 1 unspecified atom stereocenters. The van der Waals surface area contributed by atoms with E-state index in [0.29, 0.717) is 12.5 Å². The third-order valence-corrected chi connectivity index (χ3v) is 3.27. The van der Waals surface area contributed by atoms with Crippen LogP contribution in [0.4, 0.5) is 0 Å². The van der Waals surface area contributed by atoms with Crippen molar-refractivity contribution in [1.29, 1.82) is 0 Å². The lowest BCUT2D eigenvalue weighted by atomic mass is 10.0. The predicted octanol–water partition coefficient (Wildman–Crippen LogP) is 3.60. The summed E-state index contributed by atoms with van der Waals surface area (Å²) in [7, 11) is 0. The molecule has 0 radical (unpaired) electrons. The van der Waals surface area contributed by atoms with Crippen LogP contribution in [0.2, 0.25) is 0 Å². The Labute approximate surface area is 110 Å². The smallest absolute Gasteiger partial charge is 0.131 e. The molecule has 98 valence electrons. The number of carbonyl (C=O) groups excluding carboxylic acids is 1. The highest BCUT2D eigenvalue weighted by molar-refractivity contribution is 5.76. The van der Waals surface area contributed by atoms with Gasteiger partial charge in [0.15, 0.2) is 0 Å². The molecule has 18 heavy (non-hydrogen) atoms. The van der Waals surface area contributed by atoms with Gasteiger partial charge in [-0.3, -0.25) is 9.69 Å². The first-order chi connectivity index (χ1) is 8.56. The van der Waals surface area contributed by atoms with Gasteiger partial charge in [-0.2, -0.15) is 0 Å². The molecule has 0 amide bonds. The Hall–Kier alpha value is -1.41. The Balaban J connectivity index is 2.83. The molecule has 0 heterocycles. The molecule has 0 aliphatic carbocycles. The van der Waals surface area contributed by atoms with Crippen molar-refractivity contribution in [2.45, 2.75) is 39.3 Å². The van der Waals surface area contributed by atoms with Crippen molar-refractivity contribution >= 4 is 5.78 Å². The zero-order chi connectivity index (χ0) is 13.5. The van der Waals surface area contributed by atoms with Crippen LogP contribution in [-0.2, 0) is 4.79 Å². The van der Waals surface area contributed by atoms with E-state index in [1.807, 2.05) is 24.3 Å². The highest BCUT2D eigenvalue weighted by atomic mass is 16.1. The number of rotatable bonds is 7. The fraction of sp³-hybridized carbons (Fsp3) is 0.438. The van der Waals surface area contributed by atoms with E-state index in [-0.39, 0.29) is 11.8 Å². The Morgan fingerprint density at radius 1 is 1.33 bits per heavy atom. The fourth-order valence-corrected chi connectivity index (χ4v) is 2.33. The van der Waals surface area contributed by atoms with Crippen LogP contribution in [0, 0.1) is 0 Å². The molecule has 0 saturated heterocycles. The highest BCUT2D eigenvalue weighted by Gasteiger charge is 2.21. The van der Waals surface area contributed by atoms with Gasteiger partial charge in [-0.05, 0) is 26.3 Å². The molecule has 1 aromatic carbocycles. The summed E-state index contributed by atoms with van der Waals surface area (Å²) in [6, 6.07) is 10.9. The van der Waals surface area contributed by atoms with Gasteiger partial charge in [0.2, 0.25) is 0 Å². The molecule has 0 saturated carbocycles. The van der Waals surface area contributed by atoms with Crippen molar-refractivity contribution in [3.8, 4) is 0 Å². The van der Waals surface area contributed by atoms with Gasteiger partial charge in [0.25, 0.3) is 0 Å². The summed E-state index contributed by atoms with van der Waals surface area (Å²) >= 11 is 0. The number of ketones is 1. The second kappa shape index (κ2) is 7.12. The molecule has 1 aromatic rings. The van der Waals surface area contributed by atoms with Crippen molar-refractivity contribution in [3.05, 3.63) is 48.6 Å². The molecule has 0 aliphatic rings. The van der Waals surface area contributed by atoms with Gasteiger partial charge in [-0.15, -0.1) is 6.58 Å². The number of benzene rings is 1. The van der Waals surface area contributed by atoms with E-state index in [0.717, 1.165) is 6.54 Å². The number of Topliss-reactive ketones (excluding diaryl/α,β-unsaturated/α-hetero) is 1. The van der Waals surface area contributed by atoms with Crippen LogP contribution in [0.1, 0.15) is 38.8 Å². The number of hydrogen-bond donors (Lipinski definition) is 0. The van der Waals surface area contributed by atoms with Gasteiger partial charge in [-0.1, -0.05) is 36.4 Å². The van der Waals surface area contributed by atoms with E-state index in [1.54, 1.807) is 6.92 Å². The molecule has 0 N–H and O–H groups in total. The van der Waals surface area contributed by atoms with Gasteiger partial charge in [0.05, 0.1) is 0 Å². The van der Waals surface area contributed by atoms with E-state index < -0.39 is 0 Å². The molecular formula is C16H23NO. The van der Waals surface area contributed by atoms with Crippen molar-refractivity contribution in [3.63, 3.8) is 0 Å². The molecule has 0 bridgehead atoms. The van der Waals surface area contributed by atoms with Crippen LogP contribution in [0.15, 0.2) is 43.0 Å². The minimum atomic E-state index is 0.232. The van der Waals surface area contributed by atoms with Crippen molar-refractivity contribution in [1.82, 2.24) is 4.90 Å². The summed E-state index contributed by atoms with van der Waals surface area (Å²) in [6.45, 7) is 10.5. The maximum atomic E-state index is 11.3. The van der Waals surface area contributed by atoms with E-state index >= 15 is 0 Å². The molecule has 2 atom stereocenters. The van der Waals surface area contributed by atoms with Gasteiger partial charge in [-0.25, -0.2) is 0 Å². The summed E-state index contributed by atoms with van der Waals surface area (Å²) in [4.78, 5) is 13.6. The lowest BCUT2D eigenvalue weighted by Crippen LogP contribution is -2.36. The van der Waals surface area contributed by atoms with Crippen LogP contribution in [-0.4, -0.2) is 23.3 Å². The number of nitrogens with zero attached hydrogens (tertiary/aromatic N) is 1. The van der Waals surface area contributed by atoms with E-state index in [4.69, 9.17) is 0 Å². The van der Waals surface area contributed by atoms with Crippen LogP contribution in [0.3, 0.4) is 0 Å². The largest absolute Gasteiger partial charge is 0.300 e. The van der Waals surface area contributed by atoms with Crippen molar-refractivity contribution < 1.29 is 4.79 Å². The van der Waals surface area contributed by atoms with Crippen molar-refractivity contribution in [2.75, 3.05) is 6.54 Å². The average Bonchev–Trinajstić information content (AvgIpc) is 2.35. The van der Waals surface area contributed by atoms with Crippen molar-refractivity contribution in [2.24, 2.45) is 0 Å². The Bertz CT molecular complexity index is 385. The third-order valence-electron chi connectivity index (χ3n) is 3.27. The first-order valence-corrected chi connectivity index (χ1v) is 6.47. The maximum absolute atomic E-state index is 11.3. The first kappa shape index (κ1) is 14.7. The predicted molar refractivity (Wildman–Crippen MR) is 76.5 cm³/mol. The summed E-state index contributed by atoms with van der Waals surface area (Å²) in [5.41, 5.74) is 1.27. The quantitative estimate of drug-likeness (QED) is 0.684. The van der Waals surface area contributed by atoms with E-state index in [1.165, 1.54) is 5.56 Å². The molecule has 0 aliphatic heterocycles.